The van der Waals surface area contributed by atoms with Crippen LogP contribution in [0.1, 0.15) is 19.3 Å². The van der Waals surface area contributed by atoms with Gasteiger partial charge in [-0.15, -0.1) is 0 Å². The Labute approximate surface area is 140 Å². The number of hydrogen-bond acceptors (Lipinski definition) is 9. The molecule has 1 radical (unpaired) electrons. The normalized spacial score (nSPS) is 8.32. The molecule has 0 saturated heterocycles. The molecule has 9 nitrogen and oxygen atoms in total. The van der Waals surface area contributed by atoms with Crippen LogP contribution in [0, 0.1) is 0 Å². The van der Waals surface area contributed by atoms with Gasteiger partial charge in [0.25, 0.3) is 0 Å². The van der Waals surface area contributed by atoms with Crippen LogP contribution < -0.4 is 15.3 Å². The zero-order valence-electron chi connectivity index (χ0n) is 12.8. The van der Waals surface area contributed by atoms with Gasteiger partial charge in [0, 0.05) is 58.5 Å². The molecule has 0 aromatic heterocycles. The molecule has 10 heteroatoms. The molecule has 0 rings (SSSR count). The SMILES string of the molecule is COCCC(=O)[O-].COCCC(=O)[O-].COCCC(=O)[O-].[Fe+3]. The van der Waals surface area contributed by atoms with Crippen LogP contribution in [0.25, 0.3) is 0 Å². The molecule has 0 aliphatic rings. The van der Waals surface area contributed by atoms with Gasteiger partial charge in [0.1, 0.15) is 0 Å². The van der Waals surface area contributed by atoms with E-state index in [4.69, 9.17) is 0 Å². The van der Waals surface area contributed by atoms with Crippen LogP contribution in [0.2, 0.25) is 0 Å². The van der Waals surface area contributed by atoms with Crippen LogP contribution in [0.5, 0.6) is 0 Å². The molecular formula is C12H21FeO9. The van der Waals surface area contributed by atoms with Gasteiger partial charge in [0.05, 0.1) is 19.8 Å². The van der Waals surface area contributed by atoms with Crippen LogP contribution in [0.4, 0.5) is 0 Å². The van der Waals surface area contributed by atoms with Crippen molar-refractivity contribution in [2.45, 2.75) is 19.3 Å². The first-order valence-electron chi connectivity index (χ1n) is 5.88. The molecule has 0 heterocycles. The van der Waals surface area contributed by atoms with Crippen LogP contribution in [0.3, 0.4) is 0 Å². The van der Waals surface area contributed by atoms with Gasteiger partial charge in [-0.1, -0.05) is 0 Å². The van der Waals surface area contributed by atoms with Crippen molar-refractivity contribution in [2.24, 2.45) is 0 Å². The van der Waals surface area contributed by atoms with E-state index in [-0.39, 0.29) is 56.2 Å². The largest absolute Gasteiger partial charge is 3.00 e. The third-order valence-electron chi connectivity index (χ3n) is 1.53. The molecule has 0 unspecified atom stereocenters. The summed E-state index contributed by atoms with van der Waals surface area (Å²) in [5.74, 6) is -3.20. The van der Waals surface area contributed by atoms with Gasteiger partial charge >= 0.3 is 17.1 Å². The predicted octanol–water partition coefficient (Wildman–Crippen LogP) is -3.68. The van der Waals surface area contributed by atoms with Gasteiger partial charge in [-0.3, -0.25) is 0 Å². The number of carbonyl (C=O) groups is 3. The molecule has 0 atom stereocenters. The third-order valence-corrected chi connectivity index (χ3v) is 1.53. The van der Waals surface area contributed by atoms with Crippen LogP contribution in [-0.4, -0.2) is 59.1 Å². The van der Waals surface area contributed by atoms with Crippen molar-refractivity contribution in [3.05, 3.63) is 0 Å². The van der Waals surface area contributed by atoms with E-state index in [1.807, 2.05) is 0 Å². The quantitative estimate of drug-likeness (QED) is 0.377. The first kappa shape index (κ1) is 28.9. The van der Waals surface area contributed by atoms with E-state index in [2.05, 4.69) is 14.2 Å². The van der Waals surface area contributed by atoms with Crippen molar-refractivity contribution in [2.75, 3.05) is 41.2 Å². The summed E-state index contributed by atoms with van der Waals surface area (Å²) >= 11 is 0. The van der Waals surface area contributed by atoms with E-state index < -0.39 is 17.9 Å². The predicted molar refractivity (Wildman–Crippen MR) is 64.5 cm³/mol. The zero-order valence-corrected chi connectivity index (χ0v) is 13.9. The topological polar surface area (TPSA) is 148 Å². The van der Waals surface area contributed by atoms with Gasteiger partial charge in [-0.05, 0) is 0 Å². The number of hydrogen-bond donors (Lipinski definition) is 0. The summed E-state index contributed by atoms with van der Waals surface area (Å²) in [4.78, 5) is 28.7. The average molecular weight is 365 g/mol. The van der Waals surface area contributed by atoms with E-state index in [0.29, 0.717) is 0 Å². The molecule has 0 bridgehead atoms. The minimum atomic E-state index is -1.07. The smallest absolute Gasteiger partial charge is 0.550 e. The fraction of sp³-hybridized carbons (Fsp3) is 0.750. The van der Waals surface area contributed by atoms with Crippen molar-refractivity contribution in [3.63, 3.8) is 0 Å². The Balaban J connectivity index is -0.000000108. The maximum Gasteiger partial charge on any atom is 3.00 e. The summed E-state index contributed by atoms with van der Waals surface area (Å²) in [7, 11) is 4.34. The Hall–Kier alpha value is -1.19. The second kappa shape index (κ2) is 24.8. The van der Waals surface area contributed by atoms with Crippen molar-refractivity contribution in [1.29, 1.82) is 0 Å². The number of carboxylic acid groups (broad SMARTS) is 3. The Morgan fingerprint density at radius 1 is 0.636 bits per heavy atom. The first-order chi connectivity index (χ1) is 9.81. The van der Waals surface area contributed by atoms with E-state index in [9.17, 15) is 29.7 Å². The van der Waals surface area contributed by atoms with Gasteiger partial charge in [-0.2, -0.15) is 0 Å². The van der Waals surface area contributed by atoms with Crippen molar-refractivity contribution >= 4 is 17.9 Å². The Morgan fingerprint density at radius 2 is 0.818 bits per heavy atom. The van der Waals surface area contributed by atoms with E-state index in [0.717, 1.165) is 0 Å². The number of carbonyl (C=O) groups excluding carboxylic acids is 3. The molecule has 0 amide bonds. The van der Waals surface area contributed by atoms with Crippen molar-refractivity contribution in [1.82, 2.24) is 0 Å². The molecule has 22 heavy (non-hydrogen) atoms. The monoisotopic (exact) mass is 365 g/mol. The minimum absolute atomic E-state index is 0. The van der Waals surface area contributed by atoms with Crippen LogP contribution >= 0.6 is 0 Å². The molecule has 0 aliphatic carbocycles. The maximum atomic E-state index is 9.57. The number of rotatable bonds is 9. The standard InChI is InChI=1S/3C4H8O3.Fe/c3*1-7-3-2-4(5)6;/h3*2-3H2,1H3,(H,5,6);/q;;;+3/p-3. The minimum Gasteiger partial charge on any atom is -0.550 e. The Kier molecular flexibility index (Phi) is 32.6. The Bertz CT molecular complexity index is 229. The summed E-state index contributed by atoms with van der Waals surface area (Å²) in [5, 5.41) is 28.7. The van der Waals surface area contributed by atoms with Gasteiger partial charge in [-0.25, -0.2) is 0 Å². The second-order valence-electron chi connectivity index (χ2n) is 3.34. The molecular weight excluding hydrogens is 344 g/mol. The molecule has 131 valence electrons. The third kappa shape index (κ3) is 51.1. The molecule has 0 fully saturated rings. The summed E-state index contributed by atoms with van der Waals surface area (Å²) in [6, 6.07) is 0. The Morgan fingerprint density at radius 3 is 0.864 bits per heavy atom. The van der Waals surface area contributed by atoms with Gasteiger partial charge in [0.2, 0.25) is 0 Å². The summed E-state index contributed by atoms with van der Waals surface area (Å²) in [6.45, 7) is 0.715. The number of carboxylic acids is 3. The molecule has 0 spiro atoms. The zero-order chi connectivity index (χ0) is 17.1. The van der Waals surface area contributed by atoms with Crippen molar-refractivity contribution in [3.8, 4) is 0 Å². The molecule has 0 N–H and O–H groups in total. The molecule has 0 saturated carbocycles. The van der Waals surface area contributed by atoms with Gasteiger partial charge < -0.3 is 43.9 Å². The molecule has 0 aromatic carbocycles. The van der Waals surface area contributed by atoms with Crippen LogP contribution in [0.15, 0.2) is 0 Å². The summed E-state index contributed by atoms with van der Waals surface area (Å²) < 4.78 is 13.3. The van der Waals surface area contributed by atoms with E-state index >= 15 is 0 Å². The maximum absolute atomic E-state index is 9.57. The first-order valence-corrected chi connectivity index (χ1v) is 5.88. The van der Waals surface area contributed by atoms with Gasteiger partial charge in [0.15, 0.2) is 0 Å². The fourth-order valence-corrected chi connectivity index (χ4v) is 0.556. The van der Waals surface area contributed by atoms with E-state index in [1.54, 1.807) is 0 Å². The number of aliphatic carboxylic acids is 3. The van der Waals surface area contributed by atoms with Crippen molar-refractivity contribution < 1.29 is 61.0 Å². The molecule has 0 aromatic rings. The molecule has 0 aliphatic heterocycles. The second-order valence-corrected chi connectivity index (χ2v) is 3.34. The number of ether oxygens (including phenoxy) is 3. The average Bonchev–Trinajstić information content (AvgIpc) is 2.41. The fourth-order valence-electron chi connectivity index (χ4n) is 0.556. The summed E-state index contributed by atoms with van der Waals surface area (Å²) in [5.41, 5.74) is 0. The van der Waals surface area contributed by atoms with Crippen LogP contribution in [-0.2, 0) is 45.7 Å². The summed E-state index contributed by atoms with van der Waals surface area (Å²) in [6.07, 6.45) is -0.0521. The van der Waals surface area contributed by atoms with E-state index in [1.165, 1.54) is 21.3 Å². The number of methoxy groups -OCH3 is 3.